The maximum Gasteiger partial charge on any atom is 0.434 e. The summed E-state index contributed by atoms with van der Waals surface area (Å²) in [5, 5.41) is 9.78. The van der Waals surface area contributed by atoms with Crippen LogP contribution in [0, 0.1) is 11.6 Å². The number of aromatic nitrogens is 6. The molecule has 0 atom stereocenters. The van der Waals surface area contributed by atoms with Gasteiger partial charge in [0.15, 0.2) is 28.9 Å². The van der Waals surface area contributed by atoms with Crippen LogP contribution in [-0.4, -0.2) is 35.4 Å². The third-order valence-corrected chi connectivity index (χ3v) is 5.57. The molecule has 0 spiro atoms. The summed E-state index contributed by atoms with van der Waals surface area (Å²) in [5.41, 5.74) is 4.28. The molecule has 0 aliphatic rings. The lowest BCUT2D eigenvalue weighted by molar-refractivity contribution is -0.143. The van der Waals surface area contributed by atoms with Gasteiger partial charge in [0.1, 0.15) is 11.6 Å². The Hall–Kier alpha value is -5.34. The minimum Gasteiger partial charge on any atom is -0.453 e. The van der Waals surface area contributed by atoms with Crippen molar-refractivity contribution >= 4 is 17.4 Å². The van der Waals surface area contributed by atoms with Crippen LogP contribution < -0.4 is 15.8 Å². The van der Waals surface area contributed by atoms with Gasteiger partial charge in [-0.2, -0.15) is 23.4 Å². The van der Waals surface area contributed by atoms with Gasteiger partial charge >= 0.3 is 6.18 Å². The maximum absolute atomic E-state index is 15.0. The predicted molar refractivity (Wildman–Crippen MR) is 132 cm³/mol. The Kier molecular flexibility index (Phi) is 6.63. The first-order valence-electron chi connectivity index (χ1n) is 11.3. The van der Waals surface area contributed by atoms with E-state index >= 15 is 0 Å². The molecule has 5 rings (SSSR count). The van der Waals surface area contributed by atoms with Crippen LogP contribution in [0.1, 0.15) is 16.1 Å². The van der Waals surface area contributed by atoms with Crippen molar-refractivity contribution in [1.29, 1.82) is 0 Å². The molecule has 204 valence electrons. The fourth-order valence-electron chi connectivity index (χ4n) is 3.84. The van der Waals surface area contributed by atoms with E-state index in [-0.39, 0.29) is 27.7 Å². The number of ether oxygens (including phenoxy) is 1. The van der Waals surface area contributed by atoms with Gasteiger partial charge in [-0.3, -0.25) is 9.48 Å². The molecule has 1 amide bonds. The van der Waals surface area contributed by atoms with Gasteiger partial charge in [0.2, 0.25) is 0 Å². The minimum absolute atomic E-state index is 0.112. The number of rotatable bonds is 6. The van der Waals surface area contributed by atoms with Gasteiger partial charge in [-0.15, -0.1) is 0 Å². The Morgan fingerprint density at radius 1 is 1.00 bits per heavy atom. The molecule has 4 aromatic heterocycles. The van der Waals surface area contributed by atoms with Crippen molar-refractivity contribution in [2.45, 2.75) is 6.18 Å². The lowest BCUT2D eigenvalue weighted by Gasteiger charge is -2.14. The van der Waals surface area contributed by atoms with Gasteiger partial charge in [0.25, 0.3) is 5.91 Å². The first kappa shape index (κ1) is 26.3. The fraction of sp³-hybridized carbons (Fsp3) is 0.0800. The monoisotopic (exact) mass is 556 g/mol. The lowest BCUT2D eigenvalue weighted by Crippen LogP contribution is -2.21. The number of carbonyl (C=O) groups excluding carboxylic acids is 1. The van der Waals surface area contributed by atoms with E-state index in [1.807, 2.05) is 0 Å². The summed E-state index contributed by atoms with van der Waals surface area (Å²) < 4.78 is 78.2. The zero-order chi connectivity index (χ0) is 28.6. The van der Waals surface area contributed by atoms with Crippen molar-refractivity contribution in [3.05, 3.63) is 90.3 Å². The average Bonchev–Trinajstić information content (AvgIpc) is 3.53. The topological polar surface area (TPSA) is 126 Å². The Morgan fingerprint density at radius 3 is 2.48 bits per heavy atom. The molecule has 0 unspecified atom stereocenters. The summed E-state index contributed by atoms with van der Waals surface area (Å²) in [5.74, 6) is -4.01. The number of alkyl halides is 3. The van der Waals surface area contributed by atoms with E-state index in [1.54, 1.807) is 13.2 Å². The third-order valence-electron chi connectivity index (χ3n) is 5.57. The molecule has 0 fully saturated rings. The molecule has 4 heterocycles. The number of nitrogens with zero attached hydrogens (tertiary/aromatic N) is 6. The highest BCUT2D eigenvalue weighted by atomic mass is 19.4. The number of hydrogen-bond donors (Lipinski definition) is 2. The molecule has 0 saturated heterocycles. The van der Waals surface area contributed by atoms with Crippen LogP contribution in [-0.2, 0) is 13.2 Å². The second kappa shape index (κ2) is 10.1. The van der Waals surface area contributed by atoms with Gasteiger partial charge in [0, 0.05) is 43.0 Å². The van der Waals surface area contributed by atoms with E-state index in [0.717, 1.165) is 18.3 Å². The number of nitrogens with one attached hydrogen (secondary N) is 1. The quantitative estimate of drug-likeness (QED) is 0.282. The number of hydrogen-bond acceptors (Lipinski definition) is 7. The third kappa shape index (κ3) is 5.03. The maximum atomic E-state index is 15.0. The van der Waals surface area contributed by atoms with Crippen molar-refractivity contribution in [3.63, 3.8) is 0 Å². The second-order valence-electron chi connectivity index (χ2n) is 8.30. The van der Waals surface area contributed by atoms with Crippen LogP contribution in [0.2, 0.25) is 0 Å². The second-order valence-corrected chi connectivity index (χ2v) is 8.30. The number of benzene rings is 1. The van der Waals surface area contributed by atoms with Crippen molar-refractivity contribution in [2.24, 2.45) is 7.05 Å². The number of amides is 1. The van der Waals surface area contributed by atoms with Crippen LogP contribution in [0.5, 0.6) is 11.5 Å². The summed E-state index contributed by atoms with van der Waals surface area (Å²) in [6, 6.07) is 6.81. The zero-order valence-electron chi connectivity index (χ0n) is 20.3. The number of halogens is 5. The largest absolute Gasteiger partial charge is 0.453 e. The molecular weight excluding hydrogens is 539 g/mol. The SMILES string of the molecule is Cn1cc(-c2c(Oc3ccc(NC(=O)c4cnn(-c5ncccc5F)c4C(F)(F)F)cc3F)ccnc2N)cn1. The van der Waals surface area contributed by atoms with Crippen molar-refractivity contribution in [3.8, 4) is 28.4 Å². The van der Waals surface area contributed by atoms with E-state index in [9.17, 15) is 26.7 Å². The van der Waals surface area contributed by atoms with Gasteiger partial charge in [-0.25, -0.2) is 23.4 Å². The van der Waals surface area contributed by atoms with E-state index < -0.39 is 40.8 Å². The van der Waals surface area contributed by atoms with Crippen LogP contribution >= 0.6 is 0 Å². The number of carbonyl (C=O) groups is 1. The van der Waals surface area contributed by atoms with Gasteiger partial charge in [-0.1, -0.05) is 0 Å². The predicted octanol–water partition coefficient (Wildman–Crippen LogP) is 4.99. The van der Waals surface area contributed by atoms with E-state index in [2.05, 4.69) is 25.5 Å². The van der Waals surface area contributed by atoms with E-state index in [0.29, 0.717) is 17.3 Å². The zero-order valence-corrected chi connectivity index (χ0v) is 20.3. The summed E-state index contributed by atoms with van der Waals surface area (Å²) >= 11 is 0. The fourth-order valence-corrected chi connectivity index (χ4v) is 3.84. The molecule has 1 aromatic carbocycles. The van der Waals surface area contributed by atoms with Crippen LogP contribution in [0.3, 0.4) is 0 Å². The molecular formula is C25H17F5N8O2. The molecule has 40 heavy (non-hydrogen) atoms. The Balaban J connectivity index is 1.41. The van der Waals surface area contributed by atoms with Crippen molar-refractivity contribution in [1.82, 2.24) is 29.5 Å². The Morgan fingerprint density at radius 2 is 1.80 bits per heavy atom. The number of aryl methyl sites for hydroxylation is 1. The first-order valence-corrected chi connectivity index (χ1v) is 11.3. The van der Waals surface area contributed by atoms with Crippen LogP contribution in [0.25, 0.3) is 16.9 Å². The molecule has 0 aliphatic carbocycles. The highest BCUT2D eigenvalue weighted by Crippen LogP contribution is 2.38. The molecule has 0 radical (unpaired) electrons. The van der Waals surface area contributed by atoms with Gasteiger partial charge in [0.05, 0.1) is 23.5 Å². The summed E-state index contributed by atoms with van der Waals surface area (Å²) in [4.78, 5) is 20.4. The lowest BCUT2D eigenvalue weighted by atomic mass is 10.1. The van der Waals surface area contributed by atoms with Crippen LogP contribution in [0.4, 0.5) is 33.5 Å². The highest BCUT2D eigenvalue weighted by Gasteiger charge is 2.41. The smallest absolute Gasteiger partial charge is 0.434 e. The average molecular weight is 556 g/mol. The number of pyridine rings is 2. The molecule has 15 heteroatoms. The highest BCUT2D eigenvalue weighted by molar-refractivity contribution is 6.05. The molecule has 0 saturated carbocycles. The summed E-state index contributed by atoms with van der Waals surface area (Å²) in [6.45, 7) is 0. The molecule has 0 bridgehead atoms. The van der Waals surface area contributed by atoms with E-state index in [4.69, 9.17) is 10.5 Å². The van der Waals surface area contributed by atoms with Gasteiger partial charge in [-0.05, 0) is 30.3 Å². The normalized spacial score (nSPS) is 11.4. The van der Waals surface area contributed by atoms with Crippen molar-refractivity contribution in [2.75, 3.05) is 11.1 Å². The number of nitrogens with two attached hydrogens (primary N) is 1. The van der Waals surface area contributed by atoms with Crippen molar-refractivity contribution < 1.29 is 31.5 Å². The Bertz CT molecular complexity index is 1730. The van der Waals surface area contributed by atoms with Gasteiger partial charge < -0.3 is 15.8 Å². The van der Waals surface area contributed by atoms with Crippen LogP contribution in [0.15, 0.2) is 67.4 Å². The molecule has 5 aromatic rings. The molecule has 0 aliphatic heterocycles. The molecule has 3 N–H and O–H groups in total. The first-order chi connectivity index (χ1) is 19.0. The standard InChI is InChI=1S/C25H17F5N8O2/c1-37-12-13(10-34-37)20-19(6-8-32-22(20)31)40-18-5-4-14(9-17(18)27)36-24(39)15-11-35-38(21(15)25(28,29)30)23-16(26)3-2-7-33-23/h2-12H,1H3,(H2,31,32)(H,36,39). The Labute approximate surface area is 221 Å². The number of anilines is 2. The minimum atomic E-state index is -5.10. The number of nitrogen functional groups attached to an aromatic ring is 1. The summed E-state index contributed by atoms with van der Waals surface area (Å²) in [6.07, 6.45) is 1.14. The van der Waals surface area contributed by atoms with E-state index in [1.165, 1.54) is 41.3 Å². The molecule has 10 nitrogen and oxygen atoms in total. The summed E-state index contributed by atoms with van der Waals surface area (Å²) in [7, 11) is 1.70.